The Labute approximate surface area is 208 Å². The molecule has 1 aromatic carbocycles. The van der Waals surface area contributed by atoms with Gasteiger partial charge in [-0.25, -0.2) is 9.78 Å². The Morgan fingerprint density at radius 3 is 2.84 bits per heavy atom. The Hall–Kier alpha value is -3.89. The molecule has 1 unspecified atom stereocenters. The van der Waals surface area contributed by atoms with E-state index in [4.69, 9.17) is 9.47 Å². The lowest BCUT2D eigenvalue weighted by molar-refractivity contribution is -0.205. The summed E-state index contributed by atoms with van der Waals surface area (Å²) in [6.07, 6.45) is -2.51. The van der Waals surface area contributed by atoms with E-state index in [0.29, 0.717) is 29.9 Å². The molecule has 0 bridgehead atoms. The molecule has 37 heavy (non-hydrogen) atoms. The molecule has 3 aromatic rings. The largest absolute Gasteiger partial charge is 0.474 e. The van der Waals surface area contributed by atoms with Gasteiger partial charge >= 0.3 is 6.18 Å². The van der Waals surface area contributed by atoms with E-state index < -0.39 is 24.2 Å². The van der Waals surface area contributed by atoms with E-state index in [2.05, 4.69) is 15.2 Å². The van der Waals surface area contributed by atoms with Gasteiger partial charge in [-0.15, -0.1) is 0 Å². The smallest absolute Gasteiger partial charge is 0.411 e. The van der Waals surface area contributed by atoms with Gasteiger partial charge in [-0.05, 0) is 17.7 Å². The Morgan fingerprint density at radius 1 is 1.24 bits per heavy atom. The fraction of sp³-hybridized carbons (Fsp3) is 0.400. The molecule has 1 spiro atoms. The maximum Gasteiger partial charge on any atom is 0.411 e. The number of H-pyrrole nitrogens is 1. The summed E-state index contributed by atoms with van der Waals surface area (Å²) in [5.41, 5.74) is 1.69. The van der Waals surface area contributed by atoms with Crippen molar-refractivity contribution in [3.63, 3.8) is 0 Å². The third kappa shape index (κ3) is 3.84. The number of para-hydroxylation sites is 1. The maximum absolute atomic E-state index is 13.8. The van der Waals surface area contributed by atoms with Gasteiger partial charge in [0.1, 0.15) is 29.3 Å². The summed E-state index contributed by atoms with van der Waals surface area (Å²) in [7, 11) is 0. The highest BCUT2D eigenvalue weighted by Crippen LogP contribution is 2.54. The number of pyridine rings is 1. The molecule has 192 valence electrons. The van der Waals surface area contributed by atoms with Crippen LogP contribution in [0.25, 0.3) is 11.0 Å². The molecule has 1 saturated carbocycles. The summed E-state index contributed by atoms with van der Waals surface area (Å²) in [4.78, 5) is 32.4. The van der Waals surface area contributed by atoms with Crippen molar-refractivity contribution in [1.82, 2.24) is 20.1 Å². The van der Waals surface area contributed by atoms with Gasteiger partial charge in [-0.2, -0.15) is 18.3 Å². The molecular formula is C25H22F3N5O4. The maximum atomic E-state index is 13.8. The summed E-state index contributed by atoms with van der Waals surface area (Å²) in [5, 5.41) is 6.77. The quantitative estimate of drug-likeness (QED) is 0.524. The topological polar surface area (TPSA) is 101 Å². The average Bonchev–Trinajstić information content (AvgIpc) is 3.43. The standard InChI is InChI=1S/C25H22F3N5O4/c26-25(27,28)21-14-36-8-7-32(21)15(13-34)12-33-20-4-2-1-3-17(20)24(23(33)35)9-16(10-24)37-22-6-5-18-19(30-22)11-29-31-18/h1-6,11,16,21H,7-10,12,14H2,(H,29,31). The Kier molecular flexibility index (Phi) is 5.46. The molecular weight excluding hydrogens is 491 g/mol. The molecule has 2 aromatic heterocycles. The van der Waals surface area contributed by atoms with Crippen molar-refractivity contribution < 1.29 is 32.2 Å². The first-order chi connectivity index (χ1) is 17.8. The highest BCUT2D eigenvalue weighted by Gasteiger charge is 2.59. The fourth-order valence-corrected chi connectivity index (χ4v) is 5.53. The van der Waals surface area contributed by atoms with Crippen molar-refractivity contribution in [3.8, 4) is 5.88 Å². The minimum Gasteiger partial charge on any atom is -0.474 e. The minimum absolute atomic E-state index is 0.0455. The molecule has 6 rings (SSSR count). The Bertz CT molecular complexity index is 1410. The Balaban J connectivity index is 1.23. The minimum atomic E-state index is -4.59. The van der Waals surface area contributed by atoms with E-state index in [-0.39, 0.29) is 37.4 Å². The van der Waals surface area contributed by atoms with Crippen LogP contribution in [0.15, 0.2) is 48.3 Å². The average molecular weight is 513 g/mol. The second kappa shape index (κ2) is 8.60. The number of hydrogen-bond acceptors (Lipinski definition) is 7. The number of halogens is 3. The lowest BCUT2D eigenvalue weighted by Gasteiger charge is -2.43. The second-order valence-electron chi connectivity index (χ2n) is 9.47. The van der Waals surface area contributed by atoms with Crippen molar-refractivity contribution >= 4 is 28.6 Å². The normalized spacial score (nSPS) is 25.2. The Morgan fingerprint density at radius 2 is 2.05 bits per heavy atom. The molecule has 12 heteroatoms. The number of nitrogens with one attached hydrogen (secondary N) is 1. The number of carbonyl (C=O) groups excluding carboxylic acids is 2. The van der Waals surface area contributed by atoms with Gasteiger partial charge in [0, 0.05) is 31.1 Å². The van der Waals surface area contributed by atoms with E-state index in [1.54, 1.807) is 30.3 Å². The molecule has 9 nitrogen and oxygen atoms in total. The summed E-state index contributed by atoms with van der Waals surface area (Å²) in [6, 6.07) is 8.72. The predicted molar refractivity (Wildman–Crippen MR) is 125 cm³/mol. The number of aromatic nitrogens is 3. The van der Waals surface area contributed by atoms with Crippen LogP contribution in [-0.4, -0.2) is 76.6 Å². The van der Waals surface area contributed by atoms with Crippen molar-refractivity contribution in [2.45, 2.75) is 36.6 Å². The third-order valence-electron chi connectivity index (χ3n) is 7.35. The van der Waals surface area contributed by atoms with E-state index >= 15 is 0 Å². The van der Waals surface area contributed by atoms with Crippen molar-refractivity contribution in [1.29, 1.82) is 0 Å². The van der Waals surface area contributed by atoms with Crippen LogP contribution in [0.5, 0.6) is 5.88 Å². The number of anilines is 1. The lowest BCUT2D eigenvalue weighted by Crippen LogP contribution is -2.56. The molecule has 1 atom stereocenters. The summed E-state index contributed by atoms with van der Waals surface area (Å²) < 4.78 is 51.9. The van der Waals surface area contributed by atoms with Crippen LogP contribution in [-0.2, 0) is 19.7 Å². The first-order valence-electron chi connectivity index (χ1n) is 11.8. The molecule has 3 aliphatic rings. The zero-order chi connectivity index (χ0) is 25.8. The van der Waals surface area contributed by atoms with Gasteiger partial charge in [0.05, 0.1) is 36.9 Å². The van der Waals surface area contributed by atoms with E-state index in [9.17, 15) is 22.8 Å². The van der Waals surface area contributed by atoms with E-state index in [1.807, 2.05) is 18.2 Å². The number of aromatic amines is 1. The molecule has 2 fully saturated rings. The summed E-state index contributed by atoms with van der Waals surface area (Å²) >= 11 is 0. The van der Waals surface area contributed by atoms with Gasteiger partial charge in [-0.3, -0.25) is 9.89 Å². The highest BCUT2D eigenvalue weighted by atomic mass is 19.4. The molecule has 1 amide bonds. The monoisotopic (exact) mass is 513 g/mol. The number of fused-ring (bicyclic) bond motifs is 3. The van der Waals surface area contributed by atoms with Crippen LogP contribution in [0.1, 0.15) is 18.4 Å². The van der Waals surface area contributed by atoms with Crippen LogP contribution in [0.2, 0.25) is 0 Å². The lowest BCUT2D eigenvalue weighted by atomic mass is 9.63. The zero-order valence-corrected chi connectivity index (χ0v) is 19.5. The summed E-state index contributed by atoms with van der Waals surface area (Å²) in [6.45, 7) is -0.962. The number of amides is 1. The number of carbonyl (C=O) groups is 1. The fourth-order valence-electron chi connectivity index (χ4n) is 5.53. The zero-order valence-electron chi connectivity index (χ0n) is 19.5. The number of alkyl halides is 3. The van der Waals surface area contributed by atoms with Gasteiger partial charge < -0.3 is 19.3 Å². The van der Waals surface area contributed by atoms with Crippen molar-refractivity contribution in [2.24, 2.45) is 0 Å². The van der Waals surface area contributed by atoms with Crippen molar-refractivity contribution in [2.75, 3.05) is 31.2 Å². The molecule has 2 aliphatic heterocycles. The number of benzene rings is 1. The number of rotatable bonds is 5. The SMILES string of the molecule is O=C=C(CN1C(=O)C2(CC(Oc3ccc4[nH]ncc4n3)C2)c2ccccc21)N1CCOCC1C(F)(F)F. The first kappa shape index (κ1) is 23.5. The first-order valence-corrected chi connectivity index (χ1v) is 11.8. The molecule has 1 N–H and O–H groups in total. The predicted octanol–water partition coefficient (Wildman–Crippen LogP) is 2.76. The highest BCUT2D eigenvalue weighted by molar-refractivity contribution is 6.09. The van der Waals surface area contributed by atoms with E-state index in [1.165, 1.54) is 4.90 Å². The number of nitrogens with zero attached hydrogens (tertiary/aromatic N) is 4. The summed E-state index contributed by atoms with van der Waals surface area (Å²) in [5.74, 6) is 1.82. The van der Waals surface area contributed by atoms with E-state index in [0.717, 1.165) is 16.0 Å². The number of ether oxygens (including phenoxy) is 2. The van der Waals surface area contributed by atoms with Gasteiger partial charge in [0.15, 0.2) is 0 Å². The van der Waals surface area contributed by atoms with Crippen LogP contribution >= 0.6 is 0 Å². The number of morpholine rings is 1. The van der Waals surface area contributed by atoms with Crippen LogP contribution in [0.4, 0.5) is 18.9 Å². The molecule has 4 heterocycles. The van der Waals surface area contributed by atoms with Crippen LogP contribution in [0, 0.1) is 0 Å². The third-order valence-corrected chi connectivity index (χ3v) is 7.35. The van der Waals surface area contributed by atoms with Crippen molar-refractivity contribution in [3.05, 3.63) is 53.9 Å². The second-order valence-corrected chi connectivity index (χ2v) is 9.47. The van der Waals surface area contributed by atoms with Gasteiger partial charge in [0.2, 0.25) is 11.8 Å². The van der Waals surface area contributed by atoms with Gasteiger partial charge in [-0.1, -0.05) is 18.2 Å². The number of hydrogen-bond donors (Lipinski definition) is 1. The molecule has 0 radical (unpaired) electrons. The molecule has 1 aliphatic carbocycles. The molecule has 1 saturated heterocycles. The van der Waals surface area contributed by atoms with Crippen LogP contribution < -0.4 is 9.64 Å². The van der Waals surface area contributed by atoms with Crippen LogP contribution in [0.3, 0.4) is 0 Å². The van der Waals surface area contributed by atoms with Gasteiger partial charge in [0.25, 0.3) is 0 Å².